The quantitative estimate of drug-likeness (QED) is 0.540. The maximum absolute atomic E-state index is 13.4. The summed E-state index contributed by atoms with van der Waals surface area (Å²) in [5, 5.41) is 0. The van der Waals surface area contributed by atoms with Crippen LogP contribution in [0.1, 0.15) is 12.8 Å². The smallest absolute Gasteiger partial charge is 0.200 e. The van der Waals surface area contributed by atoms with Crippen molar-refractivity contribution in [3.63, 3.8) is 0 Å². The molecule has 0 aliphatic heterocycles. The topological polar surface area (TPSA) is 68.3 Å². The van der Waals surface area contributed by atoms with Crippen LogP contribution in [0, 0.1) is 12.3 Å². The van der Waals surface area contributed by atoms with Gasteiger partial charge in [-0.2, -0.15) is 0 Å². The fourth-order valence-corrected chi connectivity index (χ4v) is 7.41. The third-order valence-electron chi connectivity index (χ3n) is 4.02. The molecule has 0 aliphatic rings. The minimum absolute atomic E-state index is 0.104. The Morgan fingerprint density at radius 3 is 1.65 bits per heavy atom. The van der Waals surface area contributed by atoms with Crippen LogP contribution in [0.25, 0.3) is 0 Å². The van der Waals surface area contributed by atoms with Crippen molar-refractivity contribution in [3.8, 4) is 12.3 Å². The highest BCUT2D eigenvalue weighted by Gasteiger charge is 2.55. The molecule has 0 saturated heterocycles. The summed E-state index contributed by atoms with van der Waals surface area (Å²) >= 11 is 0. The molecular formula is C20H18O4S2. The van der Waals surface area contributed by atoms with E-state index in [9.17, 15) is 16.8 Å². The van der Waals surface area contributed by atoms with Gasteiger partial charge in [-0.25, -0.2) is 16.8 Å². The first kappa shape index (κ1) is 19.7. The van der Waals surface area contributed by atoms with Crippen molar-refractivity contribution in [2.24, 2.45) is 0 Å². The van der Waals surface area contributed by atoms with E-state index in [2.05, 4.69) is 18.2 Å². The molecular weight excluding hydrogens is 368 g/mol. The first-order valence-electron chi connectivity index (χ1n) is 7.70. The molecule has 0 heterocycles. The fourth-order valence-electron chi connectivity index (χ4n) is 2.64. The molecule has 0 bridgehead atoms. The van der Waals surface area contributed by atoms with Gasteiger partial charge in [0.2, 0.25) is 0 Å². The van der Waals surface area contributed by atoms with Crippen molar-refractivity contribution in [3.05, 3.63) is 79.0 Å². The van der Waals surface area contributed by atoms with Crippen molar-refractivity contribution in [2.45, 2.75) is 26.7 Å². The monoisotopic (exact) mass is 386 g/mol. The summed E-state index contributed by atoms with van der Waals surface area (Å²) in [4.78, 5) is -0.209. The second-order valence-electron chi connectivity index (χ2n) is 5.54. The van der Waals surface area contributed by atoms with E-state index in [-0.39, 0.29) is 16.2 Å². The highest BCUT2D eigenvalue weighted by Crippen LogP contribution is 2.41. The summed E-state index contributed by atoms with van der Waals surface area (Å²) in [7, 11) is -8.66. The van der Waals surface area contributed by atoms with Gasteiger partial charge in [0.05, 0.1) is 9.79 Å². The van der Waals surface area contributed by atoms with Crippen molar-refractivity contribution >= 4 is 19.7 Å². The number of terminal acetylenes is 1. The molecule has 6 heteroatoms. The van der Waals surface area contributed by atoms with Gasteiger partial charge in [0, 0.05) is 12.8 Å². The van der Waals surface area contributed by atoms with Crippen LogP contribution < -0.4 is 0 Å². The molecule has 0 saturated carbocycles. The Morgan fingerprint density at radius 1 is 0.885 bits per heavy atom. The molecule has 0 atom stereocenters. The highest BCUT2D eigenvalue weighted by atomic mass is 32.3. The second-order valence-corrected chi connectivity index (χ2v) is 10.3. The predicted molar refractivity (Wildman–Crippen MR) is 102 cm³/mol. The van der Waals surface area contributed by atoms with Gasteiger partial charge in [-0.05, 0) is 30.3 Å². The average Bonchev–Trinajstić information content (AvgIpc) is 2.66. The molecule has 2 aromatic rings. The van der Waals surface area contributed by atoms with Crippen LogP contribution in [0.5, 0.6) is 0 Å². The first-order chi connectivity index (χ1) is 12.3. The Balaban J connectivity index is 2.87. The Labute approximate surface area is 154 Å². The molecule has 4 nitrogen and oxygen atoms in total. The molecule has 0 amide bonds. The van der Waals surface area contributed by atoms with Crippen molar-refractivity contribution in [1.29, 1.82) is 0 Å². The number of hydrogen-bond acceptors (Lipinski definition) is 4. The van der Waals surface area contributed by atoms with E-state index in [0.717, 1.165) is 0 Å². The zero-order valence-electron chi connectivity index (χ0n) is 14.0. The van der Waals surface area contributed by atoms with Gasteiger partial charge >= 0.3 is 0 Å². The maximum Gasteiger partial charge on any atom is 0.200 e. The summed E-state index contributed by atoms with van der Waals surface area (Å²) < 4.78 is 51.5. The Hall–Kier alpha value is -2.58. The third-order valence-corrected chi connectivity index (χ3v) is 9.70. The molecule has 2 aromatic carbocycles. The summed E-state index contributed by atoms with van der Waals surface area (Å²) in [6.45, 7) is 3.41. The van der Waals surface area contributed by atoms with E-state index in [0.29, 0.717) is 0 Å². The molecule has 2 rings (SSSR count). The van der Waals surface area contributed by atoms with Crippen LogP contribution in [-0.4, -0.2) is 20.9 Å². The van der Waals surface area contributed by atoms with Gasteiger partial charge in [-0.3, -0.25) is 0 Å². The number of hydrogen-bond donors (Lipinski definition) is 0. The minimum atomic E-state index is -4.33. The second kappa shape index (κ2) is 7.76. The minimum Gasteiger partial charge on any atom is -0.222 e. The van der Waals surface area contributed by atoms with Crippen LogP contribution in [0.2, 0.25) is 0 Å². The summed E-state index contributed by atoms with van der Waals surface area (Å²) in [6, 6.07) is 14.9. The third kappa shape index (κ3) is 3.25. The van der Waals surface area contributed by atoms with E-state index < -0.39 is 30.2 Å². The lowest BCUT2D eigenvalue weighted by Gasteiger charge is -2.30. The molecule has 26 heavy (non-hydrogen) atoms. The fraction of sp³-hybridized carbons (Fsp3) is 0.150. The van der Waals surface area contributed by atoms with Crippen molar-refractivity contribution in [2.75, 3.05) is 0 Å². The van der Waals surface area contributed by atoms with Crippen LogP contribution in [-0.2, 0) is 19.7 Å². The highest BCUT2D eigenvalue weighted by molar-refractivity contribution is 8.10. The summed E-state index contributed by atoms with van der Waals surface area (Å²) in [5.41, 5.74) is 2.46. The summed E-state index contributed by atoms with van der Waals surface area (Å²) in [5.74, 6) is 2.24. The van der Waals surface area contributed by atoms with Gasteiger partial charge in [-0.15, -0.1) is 18.1 Å². The number of sulfone groups is 2. The Bertz CT molecular complexity index is 986. The standard InChI is InChI=1S/C20H18O4S2/c1-3-5-17-20(16-4-2,25(21,22)18-12-8-6-9-13-18)26(23,24)19-14-10-7-11-15-19/h2,5-15H,1,16-17H2. The zero-order valence-corrected chi connectivity index (χ0v) is 15.6. The number of benzene rings is 2. The van der Waals surface area contributed by atoms with Crippen LogP contribution in [0.4, 0.5) is 0 Å². The SMILES string of the molecule is C#CCC(CC=C=C)(S(=O)(=O)c1ccccc1)S(=O)(=O)c1ccccc1. The van der Waals surface area contributed by atoms with Gasteiger partial charge in [0.25, 0.3) is 0 Å². The van der Waals surface area contributed by atoms with Gasteiger partial charge in [0.1, 0.15) is 0 Å². The van der Waals surface area contributed by atoms with Crippen molar-refractivity contribution in [1.82, 2.24) is 0 Å². The van der Waals surface area contributed by atoms with Crippen LogP contribution >= 0.6 is 0 Å². The molecule has 0 spiro atoms. The van der Waals surface area contributed by atoms with E-state index in [1.807, 2.05) is 0 Å². The van der Waals surface area contributed by atoms with Crippen molar-refractivity contribution < 1.29 is 16.8 Å². The van der Waals surface area contributed by atoms with E-state index in [1.165, 1.54) is 54.6 Å². The molecule has 0 aliphatic carbocycles. The molecule has 134 valence electrons. The lowest BCUT2D eigenvalue weighted by molar-refractivity contribution is 0.539. The van der Waals surface area contributed by atoms with E-state index in [1.54, 1.807) is 12.1 Å². The maximum atomic E-state index is 13.4. The largest absolute Gasteiger partial charge is 0.222 e. The molecule has 0 radical (unpaired) electrons. The zero-order chi connectivity index (χ0) is 19.3. The molecule has 0 unspecified atom stereocenters. The normalized spacial score (nSPS) is 12.0. The lowest BCUT2D eigenvalue weighted by atomic mass is 10.2. The summed E-state index contributed by atoms with van der Waals surface area (Å²) in [6.07, 6.45) is 5.84. The predicted octanol–water partition coefficient (Wildman–Crippen LogP) is 3.39. The van der Waals surface area contributed by atoms with Crippen LogP contribution in [0.3, 0.4) is 0 Å². The molecule has 0 fully saturated rings. The van der Waals surface area contributed by atoms with E-state index in [4.69, 9.17) is 6.42 Å². The Morgan fingerprint density at radius 2 is 1.31 bits per heavy atom. The van der Waals surface area contributed by atoms with Gasteiger partial charge < -0.3 is 0 Å². The number of allylic oxidation sites excluding steroid dienone is 1. The number of rotatable bonds is 7. The Kier molecular flexibility index (Phi) is 5.89. The average molecular weight is 386 g/mol. The van der Waals surface area contributed by atoms with Gasteiger partial charge in [-0.1, -0.05) is 43.0 Å². The van der Waals surface area contributed by atoms with E-state index >= 15 is 0 Å². The molecule has 0 N–H and O–H groups in total. The van der Waals surface area contributed by atoms with Crippen LogP contribution in [0.15, 0.2) is 88.8 Å². The molecule has 0 aromatic heterocycles. The lowest BCUT2D eigenvalue weighted by Crippen LogP contribution is -2.46. The van der Waals surface area contributed by atoms with Gasteiger partial charge in [0.15, 0.2) is 23.8 Å². The first-order valence-corrected chi connectivity index (χ1v) is 10.7.